The smallest absolute Gasteiger partial charge is 0.0120 e. The lowest BCUT2D eigenvalue weighted by molar-refractivity contribution is 0.211. The minimum atomic E-state index is 0.929. The highest BCUT2D eigenvalue weighted by Gasteiger charge is 2.40. The first-order valence-corrected chi connectivity index (χ1v) is 4.44. The summed E-state index contributed by atoms with van der Waals surface area (Å²) in [5, 5.41) is 0. The van der Waals surface area contributed by atoms with Gasteiger partial charge in [-0.25, -0.2) is 0 Å². The second kappa shape index (κ2) is 2.23. The SMILES string of the molecule is CN(C)[C@@H]1CC2CCC1C2. The monoisotopic (exact) mass is 139 g/mol. The summed E-state index contributed by atoms with van der Waals surface area (Å²) in [4.78, 5) is 2.42. The lowest BCUT2D eigenvalue weighted by Gasteiger charge is -2.27. The third-order valence-electron chi connectivity index (χ3n) is 3.36. The Morgan fingerprint density at radius 2 is 1.90 bits per heavy atom. The molecule has 2 fully saturated rings. The second-order valence-corrected chi connectivity index (χ2v) is 4.21. The molecule has 0 saturated heterocycles. The first-order chi connectivity index (χ1) is 4.77. The zero-order chi connectivity index (χ0) is 7.14. The Labute approximate surface area is 63.4 Å². The number of rotatable bonds is 1. The molecule has 0 amide bonds. The van der Waals surface area contributed by atoms with E-state index in [4.69, 9.17) is 0 Å². The molecular weight excluding hydrogens is 122 g/mol. The first kappa shape index (κ1) is 6.66. The Kier molecular flexibility index (Phi) is 1.48. The third-order valence-corrected chi connectivity index (χ3v) is 3.36. The maximum Gasteiger partial charge on any atom is 0.0120 e. The number of hydrogen-bond acceptors (Lipinski definition) is 1. The molecule has 0 spiro atoms. The normalized spacial score (nSPS) is 45.3. The summed E-state index contributed by atoms with van der Waals surface area (Å²) in [7, 11) is 4.46. The highest BCUT2D eigenvalue weighted by atomic mass is 15.1. The van der Waals surface area contributed by atoms with E-state index in [1.807, 2.05) is 0 Å². The lowest BCUT2D eigenvalue weighted by atomic mass is 9.95. The van der Waals surface area contributed by atoms with Crippen molar-refractivity contribution in [2.75, 3.05) is 14.1 Å². The van der Waals surface area contributed by atoms with Crippen LogP contribution in [0.1, 0.15) is 25.7 Å². The molecule has 2 saturated carbocycles. The predicted molar refractivity (Wildman–Crippen MR) is 42.9 cm³/mol. The average molecular weight is 139 g/mol. The Morgan fingerprint density at radius 1 is 1.10 bits per heavy atom. The molecule has 0 N–H and O–H groups in total. The van der Waals surface area contributed by atoms with Gasteiger partial charge in [-0.3, -0.25) is 0 Å². The van der Waals surface area contributed by atoms with Crippen molar-refractivity contribution in [2.45, 2.75) is 31.7 Å². The van der Waals surface area contributed by atoms with E-state index in [9.17, 15) is 0 Å². The fourth-order valence-corrected chi connectivity index (χ4v) is 2.84. The first-order valence-electron chi connectivity index (χ1n) is 4.44. The van der Waals surface area contributed by atoms with E-state index in [2.05, 4.69) is 19.0 Å². The minimum Gasteiger partial charge on any atom is -0.306 e. The molecule has 2 aliphatic rings. The van der Waals surface area contributed by atoms with E-state index < -0.39 is 0 Å². The second-order valence-electron chi connectivity index (χ2n) is 4.21. The van der Waals surface area contributed by atoms with Crippen LogP contribution in [-0.4, -0.2) is 25.0 Å². The van der Waals surface area contributed by atoms with E-state index >= 15 is 0 Å². The van der Waals surface area contributed by atoms with Gasteiger partial charge in [0, 0.05) is 6.04 Å². The van der Waals surface area contributed by atoms with Crippen LogP contribution in [0.5, 0.6) is 0 Å². The highest BCUT2D eigenvalue weighted by Crippen LogP contribution is 2.45. The van der Waals surface area contributed by atoms with E-state index in [1.165, 1.54) is 25.7 Å². The number of nitrogens with zero attached hydrogens (tertiary/aromatic N) is 1. The Morgan fingerprint density at radius 3 is 2.20 bits per heavy atom. The van der Waals surface area contributed by atoms with Crippen molar-refractivity contribution in [3.63, 3.8) is 0 Å². The van der Waals surface area contributed by atoms with Gasteiger partial charge in [0.2, 0.25) is 0 Å². The Bertz CT molecular complexity index is 131. The average Bonchev–Trinajstić information content (AvgIpc) is 2.44. The van der Waals surface area contributed by atoms with Crippen LogP contribution in [0.2, 0.25) is 0 Å². The summed E-state index contributed by atoms with van der Waals surface area (Å²) in [5.74, 6) is 2.15. The minimum absolute atomic E-state index is 0.929. The van der Waals surface area contributed by atoms with E-state index in [0.717, 1.165) is 17.9 Å². The van der Waals surface area contributed by atoms with Crippen molar-refractivity contribution < 1.29 is 0 Å². The molecule has 0 radical (unpaired) electrons. The molecule has 58 valence electrons. The summed E-state index contributed by atoms with van der Waals surface area (Å²) in [5.41, 5.74) is 0. The van der Waals surface area contributed by atoms with Gasteiger partial charge in [-0.1, -0.05) is 6.42 Å². The zero-order valence-electron chi connectivity index (χ0n) is 7.01. The van der Waals surface area contributed by atoms with Gasteiger partial charge >= 0.3 is 0 Å². The zero-order valence-corrected chi connectivity index (χ0v) is 7.01. The molecule has 2 unspecified atom stereocenters. The molecule has 0 aromatic carbocycles. The largest absolute Gasteiger partial charge is 0.306 e. The van der Waals surface area contributed by atoms with Crippen LogP contribution in [0.4, 0.5) is 0 Å². The quantitative estimate of drug-likeness (QED) is 0.535. The van der Waals surface area contributed by atoms with Gasteiger partial charge in [0.15, 0.2) is 0 Å². The van der Waals surface area contributed by atoms with Gasteiger partial charge < -0.3 is 4.90 Å². The Hall–Kier alpha value is -0.0400. The lowest BCUT2D eigenvalue weighted by Crippen LogP contribution is -2.32. The van der Waals surface area contributed by atoms with Crippen molar-refractivity contribution in [1.82, 2.24) is 4.90 Å². The van der Waals surface area contributed by atoms with Crippen molar-refractivity contribution in [2.24, 2.45) is 11.8 Å². The van der Waals surface area contributed by atoms with E-state index in [0.29, 0.717) is 0 Å². The third kappa shape index (κ3) is 0.878. The van der Waals surface area contributed by atoms with Gasteiger partial charge in [-0.05, 0) is 45.2 Å². The molecule has 1 nitrogen and oxygen atoms in total. The van der Waals surface area contributed by atoms with Gasteiger partial charge in [0.05, 0.1) is 0 Å². The maximum atomic E-state index is 2.42. The molecule has 1 heteroatoms. The van der Waals surface area contributed by atoms with Crippen LogP contribution >= 0.6 is 0 Å². The molecule has 0 heterocycles. The van der Waals surface area contributed by atoms with E-state index in [-0.39, 0.29) is 0 Å². The molecule has 0 aromatic rings. The van der Waals surface area contributed by atoms with Crippen LogP contribution in [-0.2, 0) is 0 Å². The summed E-state index contributed by atoms with van der Waals surface area (Å²) in [6.07, 6.45) is 6.04. The maximum absolute atomic E-state index is 2.42. The van der Waals surface area contributed by atoms with Gasteiger partial charge in [-0.15, -0.1) is 0 Å². The van der Waals surface area contributed by atoms with Crippen LogP contribution in [0.3, 0.4) is 0 Å². The van der Waals surface area contributed by atoms with Gasteiger partial charge in [0.1, 0.15) is 0 Å². The molecule has 0 aromatic heterocycles. The predicted octanol–water partition coefficient (Wildman–Crippen LogP) is 1.74. The molecule has 10 heavy (non-hydrogen) atoms. The van der Waals surface area contributed by atoms with Crippen LogP contribution in [0, 0.1) is 11.8 Å². The molecule has 2 aliphatic carbocycles. The summed E-state index contributed by atoms with van der Waals surface area (Å²) >= 11 is 0. The van der Waals surface area contributed by atoms with Crippen LogP contribution in [0.25, 0.3) is 0 Å². The molecule has 3 atom stereocenters. The molecular formula is C9H17N. The van der Waals surface area contributed by atoms with Crippen LogP contribution < -0.4 is 0 Å². The van der Waals surface area contributed by atoms with E-state index in [1.54, 1.807) is 0 Å². The van der Waals surface area contributed by atoms with Crippen molar-refractivity contribution in [3.05, 3.63) is 0 Å². The van der Waals surface area contributed by atoms with Gasteiger partial charge in [-0.2, -0.15) is 0 Å². The fourth-order valence-electron chi connectivity index (χ4n) is 2.84. The topological polar surface area (TPSA) is 3.24 Å². The molecule has 0 aliphatic heterocycles. The Balaban J connectivity index is 2.02. The highest BCUT2D eigenvalue weighted by molar-refractivity contribution is 4.93. The van der Waals surface area contributed by atoms with Crippen molar-refractivity contribution >= 4 is 0 Å². The standard InChI is InChI=1S/C9H17N/c1-10(2)9-6-7-3-4-8(9)5-7/h7-9H,3-6H2,1-2H3/t7?,8?,9-/m1/s1. The molecule has 2 rings (SSSR count). The van der Waals surface area contributed by atoms with Crippen LogP contribution in [0.15, 0.2) is 0 Å². The summed E-state index contributed by atoms with van der Waals surface area (Å²) in [6, 6.07) is 0.929. The fraction of sp³-hybridized carbons (Fsp3) is 1.00. The summed E-state index contributed by atoms with van der Waals surface area (Å²) in [6.45, 7) is 0. The number of fused-ring (bicyclic) bond motifs is 2. The van der Waals surface area contributed by atoms with Crippen molar-refractivity contribution in [3.8, 4) is 0 Å². The van der Waals surface area contributed by atoms with Gasteiger partial charge in [0.25, 0.3) is 0 Å². The number of hydrogen-bond donors (Lipinski definition) is 0. The van der Waals surface area contributed by atoms with Crippen molar-refractivity contribution in [1.29, 1.82) is 0 Å². The summed E-state index contributed by atoms with van der Waals surface area (Å²) < 4.78 is 0. The molecule has 2 bridgehead atoms.